The van der Waals surface area contributed by atoms with E-state index >= 15 is 0 Å². The lowest BCUT2D eigenvalue weighted by Gasteiger charge is -2.32. The van der Waals surface area contributed by atoms with E-state index in [0.717, 1.165) is 19.0 Å². The van der Waals surface area contributed by atoms with E-state index < -0.39 is 5.60 Å². The Morgan fingerprint density at radius 3 is 2.72 bits per heavy atom. The van der Waals surface area contributed by atoms with Crippen LogP contribution in [0.5, 0.6) is 0 Å². The van der Waals surface area contributed by atoms with Crippen LogP contribution in [0.25, 0.3) is 0 Å². The molecule has 4 heteroatoms. The number of alkyl carbamates (subject to hydrolysis) is 1. The SMILES string of the molecule is CCCC1CCNCC1CNC(=O)OC(C)(C)C. The van der Waals surface area contributed by atoms with Gasteiger partial charge in [0, 0.05) is 6.54 Å². The zero-order valence-electron chi connectivity index (χ0n) is 12.2. The largest absolute Gasteiger partial charge is 0.444 e. The predicted molar refractivity (Wildman–Crippen MR) is 73.6 cm³/mol. The Morgan fingerprint density at radius 1 is 1.39 bits per heavy atom. The van der Waals surface area contributed by atoms with Gasteiger partial charge in [-0.15, -0.1) is 0 Å². The van der Waals surface area contributed by atoms with Crippen LogP contribution in [0.2, 0.25) is 0 Å². The van der Waals surface area contributed by atoms with Crippen molar-refractivity contribution in [2.24, 2.45) is 11.8 Å². The lowest BCUT2D eigenvalue weighted by molar-refractivity contribution is 0.0508. The van der Waals surface area contributed by atoms with Gasteiger partial charge in [-0.1, -0.05) is 19.8 Å². The van der Waals surface area contributed by atoms with Gasteiger partial charge >= 0.3 is 6.09 Å². The molecule has 0 aromatic rings. The minimum Gasteiger partial charge on any atom is -0.444 e. The average Bonchev–Trinajstić information content (AvgIpc) is 2.26. The maximum absolute atomic E-state index is 11.6. The Kier molecular flexibility index (Phi) is 5.93. The number of carbonyl (C=O) groups excluding carboxylic acids is 1. The maximum Gasteiger partial charge on any atom is 0.407 e. The summed E-state index contributed by atoms with van der Waals surface area (Å²) in [6.07, 6.45) is 3.38. The Balaban J connectivity index is 2.33. The van der Waals surface area contributed by atoms with Gasteiger partial charge in [0.15, 0.2) is 0 Å². The number of piperidine rings is 1. The van der Waals surface area contributed by atoms with Crippen molar-refractivity contribution >= 4 is 6.09 Å². The third-order valence-electron chi connectivity index (χ3n) is 3.33. The Bertz CT molecular complexity index is 259. The van der Waals surface area contributed by atoms with Crippen LogP contribution in [0.4, 0.5) is 4.79 Å². The van der Waals surface area contributed by atoms with E-state index in [4.69, 9.17) is 4.74 Å². The van der Waals surface area contributed by atoms with Crippen molar-refractivity contribution < 1.29 is 9.53 Å². The van der Waals surface area contributed by atoms with Gasteiger partial charge in [-0.3, -0.25) is 0 Å². The quantitative estimate of drug-likeness (QED) is 0.812. The van der Waals surface area contributed by atoms with E-state index in [0.29, 0.717) is 12.5 Å². The van der Waals surface area contributed by atoms with Crippen LogP contribution in [0, 0.1) is 11.8 Å². The summed E-state index contributed by atoms with van der Waals surface area (Å²) in [6.45, 7) is 10.7. The summed E-state index contributed by atoms with van der Waals surface area (Å²) < 4.78 is 5.25. The lowest BCUT2D eigenvalue weighted by Crippen LogP contribution is -2.44. The third-order valence-corrected chi connectivity index (χ3v) is 3.33. The van der Waals surface area contributed by atoms with E-state index in [1.54, 1.807) is 0 Å². The van der Waals surface area contributed by atoms with Gasteiger partial charge in [-0.05, 0) is 52.1 Å². The summed E-state index contributed by atoms with van der Waals surface area (Å²) in [5.41, 5.74) is -0.419. The summed E-state index contributed by atoms with van der Waals surface area (Å²) in [7, 11) is 0. The van der Waals surface area contributed by atoms with Crippen LogP contribution in [0.15, 0.2) is 0 Å². The van der Waals surface area contributed by atoms with Crippen LogP contribution in [-0.2, 0) is 4.74 Å². The highest BCUT2D eigenvalue weighted by atomic mass is 16.6. The fourth-order valence-corrected chi connectivity index (χ4v) is 2.50. The average molecular weight is 256 g/mol. The van der Waals surface area contributed by atoms with Gasteiger partial charge in [0.25, 0.3) is 0 Å². The van der Waals surface area contributed by atoms with Crippen LogP contribution >= 0.6 is 0 Å². The van der Waals surface area contributed by atoms with E-state index in [1.807, 2.05) is 20.8 Å². The van der Waals surface area contributed by atoms with Crippen molar-refractivity contribution in [1.29, 1.82) is 0 Å². The fraction of sp³-hybridized carbons (Fsp3) is 0.929. The van der Waals surface area contributed by atoms with Gasteiger partial charge in [0.1, 0.15) is 5.60 Å². The predicted octanol–water partition coefficient (Wildman–Crippen LogP) is 2.54. The monoisotopic (exact) mass is 256 g/mol. The highest BCUT2D eigenvalue weighted by molar-refractivity contribution is 5.67. The summed E-state index contributed by atoms with van der Waals surface area (Å²) in [5, 5.41) is 6.30. The second-order valence-corrected chi connectivity index (χ2v) is 6.18. The molecule has 1 amide bonds. The molecule has 1 saturated heterocycles. The zero-order valence-corrected chi connectivity index (χ0v) is 12.2. The van der Waals surface area contributed by atoms with Crippen LogP contribution in [0.1, 0.15) is 47.0 Å². The first kappa shape index (κ1) is 15.3. The molecule has 0 spiro atoms. The standard InChI is InChI=1S/C14H28N2O2/c1-5-6-11-7-8-15-9-12(11)10-16-13(17)18-14(2,3)4/h11-12,15H,5-10H2,1-4H3,(H,16,17). The minimum absolute atomic E-state index is 0.302. The minimum atomic E-state index is -0.419. The van der Waals surface area contributed by atoms with Gasteiger partial charge in [0.05, 0.1) is 0 Å². The van der Waals surface area contributed by atoms with Gasteiger partial charge < -0.3 is 15.4 Å². The van der Waals surface area contributed by atoms with Crippen molar-refractivity contribution in [3.8, 4) is 0 Å². The summed E-state index contributed by atoms with van der Waals surface area (Å²) in [6, 6.07) is 0. The number of carbonyl (C=O) groups is 1. The van der Waals surface area contributed by atoms with E-state index in [1.165, 1.54) is 19.3 Å². The number of hydrogen-bond acceptors (Lipinski definition) is 3. The molecule has 1 heterocycles. The molecule has 0 aromatic carbocycles. The molecule has 2 N–H and O–H groups in total. The first-order valence-corrected chi connectivity index (χ1v) is 7.10. The molecule has 106 valence electrons. The van der Waals surface area contributed by atoms with Crippen molar-refractivity contribution in [3.63, 3.8) is 0 Å². The molecule has 0 saturated carbocycles. The molecule has 1 aliphatic heterocycles. The lowest BCUT2D eigenvalue weighted by atomic mass is 9.83. The number of ether oxygens (including phenoxy) is 1. The highest BCUT2D eigenvalue weighted by Gasteiger charge is 2.25. The van der Waals surface area contributed by atoms with Crippen molar-refractivity contribution in [3.05, 3.63) is 0 Å². The molecular weight excluding hydrogens is 228 g/mol. The number of rotatable bonds is 4. The zero-order chi connectivity index (χ0) is 13.6. The normalized spacial score (nSPS) is 24.7. The molecule has 2 unspecified atom stereocenters. The molecule has 1 fully saturated rings. The first-order chi connectivity index (χ1) is 8.42. The van der Waals surface area contributed by atoms with Gasteiger partial charge in [-0.2, -0.15) is 0 Å². The molecule has 1 rings (SSSR count). The molecule has 0 aliphatic carbocycles. The maximum atomic E-state index is 11.6. The summed E-state index contributed by atoms with van der Waals surface area (Å²) >= 11 is 0. The van der Waals surface area contributed by atoms with E-state index in [9.17, 15) is 4.79 Å². The number of nitrogens with one attached hydrogen (secondary N) is 2. The second kappa shape index (κ2) is 6.98. The van der Waals surface area contributed by atoms with Crippen molar-refractivity contribution in [2.75, 3.05) is 19.6 Å². The number of hydrogen-bond donors (Lipinski definition) is 2. The van der Waals surface area contributed by atoms with Crippen LogP contribution in [0.3, 0.4) is 0 Å². The van der Waals surface area contributed by atoms with Gasteiger partial charge in [0.2, 0.25) is 0 Å². The fourth-order valence-electron chi connectivity index (χ4n) is 2.50. The highest BCUT2D eigenvalue weighted by Crippen LogP contribution is 2.23. The Morgan fingerprint density at radius 2 is 2.11 bits per heavy atom. The first-order valence-electron chi connectivity index (χ1n) is 7.10. The molecular formula is C14H28N2O2. The van der Waals surface area contributed by atoms with Crippen LogP contribution in [-0.4, -0.2) is 31.3 Å². The molecule has 2 atom stereocenters. The smallest absolute Gasteiger partial charge is 0.407 e. The molecule has 0 aromatic heterocycles. The van der Waals surface area contributed by atoms with Crippen molar-refractivity contribution in [1.82, 2.24) is 10.6 Å². The summed E-state index contributed by atoms with van der Waals surface area (Å²) in [4.78, 5) is 11.6. The van der Waals surface area contributed by atoms with Crippen LogP contribution < -0.4 is 10.6 Å². The third kappa shape index (κ3) is 5.71. The molecule has 1 aliphatic rings. The van der Waals surface area contributed by atoms with E-state index in [-0.39, 0.29) is 6.09 Å². The van der Waals surface area contributed by atoms with Crippen molar-refractivity contribution in [2.45, 2.75) is 52.6 Å². The van der Waals surface area contributed by atoms with Gasteiger partial charge in [-0.25, -0.2) is 4.79 Å². The Hall–Kier alpha value is -0.770. The molecule has 0 radical (unpaired) electrons. The molecule has 4 nitrogen and oxygen atoms in total. The van der Waals surface area contributed by atoms with E-state index in [2.05, 4.69) is 17.6 Å². The second-order valence-electron chi connectivity index (χ2n) is 6.18. The molecule has 0 bridgehead atoms. The Labute approximate surface area is 111 Å². The topological polar surface area (TPSA) is 50.4 Å². The molecule has 18 heavy (non-hydrogen) atoms. The number of amides is 1. The summed E-state index contributed by atoms with van der Waals surface area (Å²) in [5.74, 6) is 1.26.